The molecular formula is C34H30N2. The summed E-state index contributed by atoms with van der Waals surface area (Å²) in [6.45, 7) is 0. The van der Waals surface area contributed by atoms with Gasteiger partial charge in [0.2, 0.25) is 0 Å². The van der Waals surface area contributed by atoms with Crippen LogP contribution in [0.2, 0.25) is 0 Å². The second-order valence-corrected chi connectivity index (χ2v) is 9.51. The van der Waals surface area contributed by atoms with Crippen molar-refractivity contribution >= 4 is 44.0 Å². The van der Waals surface area contributed by atoms with Crippen molar-refractivity contribution in [3.63, 3.8) is 0 Å². The number of allylic oxidation sites excluding steroid dienone is 8. The number of para-hydroxylation sites is 1. The van der Waals surface area contributed by atoms with Gasteiger partial charge >= 0.3 is 0 Å². The Morgan fingerprint density at radius 2 is 1.25 bits per heavy atom. The van der Waals surface area contributed by atoms with Crippen LogP contribution in [-0.4, -0.2) is 12.0 Å². The third-order valence-corrected chi connectivity index (χ3v) is 7.21. The molecule has 0 radical (unpaired) electrons. The first kappa shape index (κ1) is 22.2. The number of benzene rings is 4. The molecule has 2 nitrogen and oxygen atoms in total. The smallest absolute Gasteiger partial charge is 0.0466 e. The average molecular weight is 467 g/mol. The number of fused-ring (bicyclic) bond motifs is 5. The summed E-state index contributed by atoms with van der Waals surface area (Å²) in [6.07, 6.45) is 18.9. The summed E-state index contributed by atoms with van der Waals surface area (Å²) in [4.78, 5) is 5.73. The number of nitrogens with zero attached hydrogens (tertiary/aromatic N) is 1. The minimum absolute atomic E-state index is 0.610. The van der Waals surface area contributed by atoms with Crippen LogP contribution in [0.5, 0.6) is 0 Å². The molecule has 0 aliphatic heterocycles. The fourth-order valence-corrected chi connectivity index (χ4v) is 5.16. The highest BCUT2D eigenvalue weighted by molar-refractivity contribution is 6.08. The number of nitrogens with one attached hydrogen (secondary N) is 1. The summed E-state index contributed by atoms with van der Waals surface area (Å²) in [5, 5.41) is 5.07. The largest absolute Gasteiger partial charge is 0.355 e. The molecule has 0 saturated carbocycles. The summed E-state index contributed by atoms with van der Waals surface area (Å²) in [6, 6.07) is 30.2. The average Bonchev–Trinajstić information content (AvgIpc) is 3.13. The lowest BCUT2D eigenvalue weighted by atomic mass is 9.89. The predicted molar refractivity (Wildman–Crippen MR) is 156 cm³/mol. The standard InChI is InChI=1S/C23H18N2.C11H12/c1-25(18-11-10-16-6-2-3-7-17(16)14-18)19-12-13-23-21(15-19)20-8-4-5-9-22(20)24-23;1-2-6-10-8-4-5-9-11(10)7-3-1/h2-15,24H,1H3;2-11H,1H2. The van der Waals surface area contributed by atoms with Crippen molar-refractivity contribution < 1.29 is 0 Å². The molecule has 176 valence electrons. The number of aromatic amines is 1. The van der Waals surface area contributed by atoms with Gasteiger partial charge in [-0.1, -0.05) is 97.1 Å². The molecule has 2 unspecified atom stereocenters. The van der Waals surface area contributed by atoms with Crippen LogP contribution in [0.15, 0.2) is 134 Å². The van der Waals surface area contributed by atoms with Crippen molar-refractivity contribution in [2.24, 2.45) is 11.8 Å². The van der Waals surface area contributed by atoms with Crippen molar-refractivity contribution in [1.29, 1.82) is 0 Å². The summed E-state index contributed by atoms with van der Waals surface area (Å²) in [5.74, 6) is 1.22. The molecule has 2 aliphatic carbocycles. The fourth-order valence-electron chi connectivity index (χ4n) is 5.16. The molecule has 0 bridgehead atoms. The third kappa shape index (κ3) is 4.38. The van der Waals surface area contributed by atoms with E-state index < -0.39 is 0 Å². The van der Waals surface area contributed by atoms with Gasteiger partial charge in [0.1, 0.15) is 0 Å². The molecule has 7 rings (SSSR count). The van der Waals surface area contributed by atoms with Crippen LogP contribution in [-0.2, 0) is 0 Å². The highest BCUT2D eigenvalue weighted by atomic mass is 15.1. The molecule has 0 spiro atoms. The Labute approximate surface area is 212 Å². The van der Waals surface area contributed by atoms with E-state index in [0.29, 0.717) is 11.8 Å². The molecule has 0 amide bonds. The van der Waals surface area contributed by atoms with E-state index in [2.05, 4.69) is 150 Å². The van der Waals surface area contributed by atoms with Crippen LogP contribution in [0.4, 0.5) is 11.4 Å². The second-order valence-electron chi connectivity index (χ2n) is 9.51. The van der Waals surface area contributed by atoms with Gasteiger partial charge in [-0.05, 0) is 53.6 Å². The van der Waals surface area contributed by atoms with Gasteiger partial charge < -0.3 is 9.88 Å². The molecule has 0 fully saturated rings. The minimum Gasteiger partial charge on any atom is -0.355 e. The molecule has 0 saturated heterocycles. The number of aromatic nitrogens is 1. The van der Waals surface area contributed by atoms with Crippen molar-refractivity contribution in [3.8, 4) is 0 Å². The van der Waals surface area contributed by atoms with Crippen molar-refractivity contribution in [2.45, 2.75) is 6.42 Å². The second kappa shape index (κ2) is 9.75. The van der Waals surface area contributed by atoms with E-state index in [1.807, 2.05) is 0 Å². The highest BCUT2D eigenvalue weighted by Gasteiger charge is 2.13. The molecule has 2 heteroatoms. The topological polar surface area (TPSA) is 19.0 Å². The highest BCUT2D eigenvalue weighted by Crippen LogP contribution is 2.32. The lowest BCUT2D eigenvalue weighted by molar-refractivity contribution is 0.670. The molecule has 1 aromatic heterocycles. The maximum absolute atomic E-state index is 3.49. The third-order valence-electron chi connectivity index (χ3n) is 7.21. The Hall–Kier alpha value is -4.30. The van der Waals surface area contributed by atoms with Gasteiger partial charge in [0.25, 0.3) is 0 Å². The Morgan fingerprint density at radius 1 is 0.611 bits per heavy atom. The Balaban J connectivity index is 0.000000183. The van der Waals surface area contributed by atoms with Crippen molar-refractivity contribution in [3.05, 3.63) is 134 Å². The van der Waals surface area contributed by atoms with Gasteiger partial charge in [-0.25, -0.2) is 0 Å². The van der Waals surface area contributed by atoms with E-state index in [9.17, 15) is 0 Å². The predicted octanol–water partition coefficient (Wildman–Crippen LogP) is 9.10. The SMILES string of the molecule is C1=CC2C=CCC=CC2C=C1.CN(c1ccc2ccccc2c1)c1ccc2[nH]c3ccccc3c2c1. The first-order valence-corrected chi connectivity index (χ1v) is 12.7. The van der Waals surface area contributed by atoms with Crippen LogP contribution >= 0.6 is 0 Å². The molecule has 5 aromatic rings. The van der Waals surface area contributed by atoms with Gasteiger partial charge in [-0.2, -0.15) is 0 Å². The van der Waals surface area contributed by atoms with Gasteiger partial charge in [0.05, 0.1) is 0 Å². The van der Waals surface area contributed by atoms with E-state index in [1.54, 1.807) is 0 Å². The maximum atomic E-state index is 3.49. The molecule has 2 aliphatic rings. The number of hydrogen-bond acceptors (Lipinski definition) is 1. The molecule has 1 heterocycles. The number of anilines is 2. The van der Waals surface area contributed by atoms with Crippen molar-refractivity contribution in [2.75, 3.05) is 11.9 Å². The first-order valence-electron chi connectivity index (χ1n) is 12.7. The molecule has 1 N–H and O–H groups in total. The number of rotatable bonds is 2. The van der Waals surface area contributed by atoms with Gasteiger partial charge in [-0.3, -0.25) is 0 Å². The quantitative estimate of drug-likeness (QED) is 0.257. The number of hydrogen-bond donors (Lipinski definition) is 1. The van der Waals surface area contributed by atoms with Gasteiger partial charge in [-0.15, -0.1) is 0 Å². The maximum Gasteiger partial charge on any atom is 0.0466 e. The van der Waals surface area contributed by atoms with Gasteiger partial charge in [0.15, 0.2) is 0 Å². The van der Waals surface area contributed by atoms with E-state index in [1.165, 1.54) is 44.0 Å². The fraction of sp³-hybridized carbons (Fsp3) is 0.118. The van der Waals surface area contributed by atoms with Gasteiger partial charge in [0, 0.05) is 52.1 Å². The zero-order chi connectivity index (χ0) is 24.3. The van der Waals surface area contributed by atoms with E-state index in [-0.39, 0.29) is 0 Å². The zero-order valence-electron chi connectivity index (χ0n) is 20.5. The van der Waals surface area contributed by atoms with Crippen LogP contribution in [0.1, 0.15) is 6.42 Å². The van der Waals surface area contributed by atoms with E-state index in [4.69, 9.17) is 0 Å². The van der Waals surface area contributed by atoms with E-state index >= 15 is 0 Å². The Kier molecular flexibility index (Phi) is 6.01. The van der Waals surface area contributed by atoms with Crippen LogP contribution in [0, 0.1) is 11.8 Å². The van der Waals surface area contributed by atoms with Crippen LogP contribution in [0.3, 0.4) is 0 Å². The summed E-state index contributed by atoms with van der Waals surface area (Å²) in [7, 11) is 2.13. The summed E-state index contributed by atoms with van der Waals surface area (Å²) < 4.78 is 0. The normalized spacial score (nSPS) is 18.1. The Bertz CT molecular complexity index is 1620. The van der Waals surface area contributed by atoms with E-state index in [0.717, 1.165) is 6.42 Å². The lowest BCUT2D eigenvalue weighted by Crippen LogP contribution is -2.09. The molecular weight excluding hydrogens is 436 g/mol. The van der Waals surface area contributed by atoms with Crippen molar-refractivity contribution in [1.82, 2.24) is 4.98 Å². The molecule has 4 aromatic carbocycles. The summed E-state index contributed by atoms with van der Waals surface area (Å²) >= 11 is 0. The van der Waals surface area contributed by atoms with Crippen LogP contribution in [0.25, 0.3) is 32.6 Å². The molecule has 36 heavy (non-hydrogen) atoms. The minimum atomic E-state index is 0.610. The summed E-state index contributed by atoms with van der Waals surface area (Å²) in [5.41, 5.74) is 4.74. The Morgan fingerprint density at radius 3 is 2.06 bits per heavy atom. The molecule has 2 atom stereocenters. The first-order chi connectivity index (χ1) is 17.8. The number of H-pyrrole nitrogens is 1. The lowest BCUT2D eigenvalue weighted by Gasteiger charge is -2.20. The monoisotopic (exact) mass is 466 g/mol. The zero-order valence-corrected chi connectivity index (χ0v) is 20.5. The van der Waals surface area contributed by atoms with Crippen LogP contribution < -0.4 is 4.90 Å².